The summed E-state index contributed by atoms with van der Waals surface area (Å²) in [5.74, 6) is 0.573. The van der Waals surface area contributed by atoms with Crippen LogP contribution in [0.25, 0.3) is 11.6 Å². The molecule has 0 saturated heterocycles. The topological polar surface area (TPSA) is 42.2 Å². The number of nitriles is 1. The predicted molar refractivity (Wildman–Crippen MR) is 116 cm³/mol. The van der Waals surface area contributed by atoms with Gasteiger partial charge in [-0.15, -0.1) is 0 Å². The molecule has 0 aromatic heterocycles. The molecule has 3 aromatic carbocycles. The van der Waals surface area contributed by atoms with Gasteiger partial charge in [0.1, 0.15) is 12.4 Å². The largest absolute Gasteiger partial charge is 0.493 e. The minimum absolute atomic E-state index is 0.215. The van der Waals surface area contributed by atoms with E-state index in [1.54, 1.807) is 48.5 Å². The normalized spacial score (nSPS) is 11.1. The first-order valence-electron chi connectivity index (χ1n) is 8.63. The number of hydrogen-bond acceptors (Lipinski definition) is 3. The Labute approximate surface area is 182 Å². The zero-order valence-corrected chi connectivity index (χ0v) is 17.8. The summed E-state index contributed by atoms with van der Waals surface area (Å²) in [5, 5.41) is 10.1. The molecular formula is C23H16BrClFNO2. The van der Waals surface area contributed by atoms with E-state index in [0.29, 0.717) is 33.2 Å². The molecule has 0 spiro atoms. The highest BCUT2D eigenvalue weighted by molar-refractivity contribution is 9.10. The van der Waals surface area contributed by atoms with Crippen LogP contribution in [0.2, 0.25) is 5.02 Å². The van der Waals surface area contributed by atoms with E-state index >= 15 is 0 Å². The molecule has 3 rings (SSSR count). The molecular weight excluding hydrogens is 457 g/mol. The van der Waals surface area contributed by atoms with Crippen LogP contribution in [0.5, 0.6) is 11.5 Å². The minimum atomic E-state index is -0.450. The predicted octanol–water partition coefficient (Wildman–Crippen LogP) is 6.89. The lowest BCUT2D eigenvalue weighted by Gasteiger charge is -2.14. The number of halogens is 3. The first-order chi connectivity index (χ1) is 14.0. The van der Waals surface area contributed by atoms with Gasteiger partial charge in [0.15, 0.2) is 11.5 Å². The third-order valence-corrected chi connectivity index (χ3v) is 4.98. The van der Waals surface area contributed by atoms with Crippen molar-refractivity contribution in [1.82, 2.24) is 0 Å². The molecule has 29 heavy (non-hydrogen) atoms. The number of rotatable bonds is 6. The van der Waals surface area contributed by atoms with Crippen molar-refractivity contribution in [2.75, 3.05) is 7.11 Å². The average Bonchev–Trinajstić information content (AvgIpc) is 2.72. The summed E-state index contributed by atoms with van der Waals surface area (Å²) in [7, 11) is 1.53. The van der Waals surface area contributed by atoms with Gasteiger partial charge in [-0.2, -0.15) is 5.26 Å². The summed E-state index contributed by atoms with van der Waals surface area (Å²) in [6.45, 7) is 0.333. The number of nitrogens with zero attached hydrogens (tertiary/aromatic N) is 1. The van der Waals surface area contributed by atoms with Crippen molar-refractivity contribution in [3.05, 3.63) is 92.7 Å². The van der Waals surface area contributed by atoms with Crippen LogP contribution in [0.4, 0.5) is 4.39 Å². The Morgan fingerprint density at radius 2 is 1.90 bits per heavy atom. The molecule has 0 N–H and O–H groups in total. The summed E-state index contributed by atoms with van der Waals surface area (Å²) in [5.41, 5.74) is 2.09. The second kappa shape index (κ2) is 9.60. The van der Waals surface area contributed by atoms with Crippen molar-refractivity contribution in [1.29, 1.82) is 5.26 Å². The van der Waals surface area contributed by atoms with Crippen molar-refractivity contribution >= 4 is 39.2 Å². The number of allylic oxidation sites excluding steroid dienone is 1. The van der Waals surface area contributed by atoms with E-state index in [0.717, 1.165) is 5.56 Å². The highest BCUT2D eigenvalue weighted by Crippen LogP contribution is 2.38. The lowest BCUT2D eigenvalue weighted by Crippen LogP contribution is -1.99. The maximum atomic E-state index is 14.1. The van der Waals surface area contributed by atoms with E-state index in [9.17, 15) is 9.65 Å². The lowest BCUT2D eigenvalue weighted by atomic mass is 10.0. The lowest BCUT2D eigenvalue weighted by molar-refractivity contribution is 0.282. The summed E-state index contributed by atoms with van der Waals surface area (Å²) >= 11 is 9.40. The van der Waals surface area contributed by atoms with Gasteiger partial charge in [0.05, 0.1) is 23.2 Å². The zero-order chi connectivity index (χ0) is 20.8. The van der Waals surface area contributed by atoms with Gasteiger partial charge in [0, 0.05) is 10.6 Å². The molecule has 6 heteroatoms. The molecule has 3 nitrogen and oxygen atoms in total. The monoisotopic (exact) mass is 471 g/mol. The Morgan fingerprint density at radius 3 is 2.55 bits per heavy atom. The Kier molecular flexibility index (Phi) is 6.92. The summed E-state index contributed by atoms with van der Waals surface area (Å²) < 4.78 is 26.1. The fraction of sp³-hybridized carbons (Fsp3) is 0.0870. The van der Waals surface area contributed by atoms with Crippen LogP contribution in [-0.2, 0) is 6.61 Å². The van der Waals surface area contributed by atoms with E-state index in [4.69, 9.17) is 21.1 Å². The van der Waals surface area contributed by atoms with Crippen molar-refractivity contribution in [3.63, 3.8) is 0 Å². The van der Waals surface area contributed by atoms with Crippen LogP contribution in [0.15, 0.2) is 65.1 Å². The van der Waals surface area contributed by atoms with E-state index < -0.39 is 5.82 Å². The molecule has 0 aliphatic carbocycles. The highest BCUT2D eigenvalue weighted by atomic mass is 79.9. The Morgan fingerprint density at radius 1 is 1.17 bits per heavy atom. The van der Waals surface area contributed by atoms with Crippen LogP contribution in [0.3, 0.4) is 0 Å². The van der Waals surface area contributed by atoms with Crippen LogP contribution in [0, 0.1) is 17.1 Å². The third-order valence-electron chi connectivity index (χ3n) is 4.14. The minimum Gasteiger partial charge on any atom is -0.493 e. The van der Waals surface area contributed by atoms with E-state index in [-0.39, 0.29) is 11.1 Å². The number of ether oxygens (including phenoxy) is 2. The van der Waals surface area contributed by atoms with E-state index in [2.05, 4.69) is 22.0 Å². The van der Waals surface area contributed by atoms with Crippen LogP contribution < -0.4 is 9.47 Å². The zero-order valence-electron chi connectivity index (χ0n) is 15.5. The fourth-order valence-corrected chi connectivity index (χ4v) is 3.42. The second-order valence-corrected chi connectivity index (χ2v) is 7.39. The van der Waals surface area contributed by atoms with Crippen LogP contribution in [0.1, 0.15) is 16.7 Å². The number of methoxy groups -OCH3 is 1. The van der Waals surface area contributed by atoms with Crippen molar-refractivity contribution in [2.24, 2.45) is 0 Å². The van der Waals surface area contributed by atoms with Gasteiger partial charge in [-0.1, -0.05) is 41.9 Å². The molecule has 0 amide bonds. The van der Waals surface area contributed by atoms with Crippen LogP contribution >= 0.6 is 27.5 Å². The molecule has 0 heterocycles. The van der Waals surface area contributed by atoms with Gasteiger partial charge < -0.3 is 9.47 Å². The Hall–Kier alpha value is -2.81. The molecule has 0 aliphatic heterocycles. The van der Waals surface area contributed by atoms with Crippen molar-refractivity contribution in [2.45, 2.75) is 6.61 Å². The summed E-state index contributed by atoms with van der Waals surface area (Å²) in [4.78, 5) is 0. The molecule has 0 atom stereocenters. The van der Waals surface area contributed by atoms with Gasteiger partial charge >= 0.3 is 0 Å². The molecule has 0 bridgehead atoms. The van der Waals surface area contributed by atoms with Gasteiger partial charge in [0.25, 0.3) is 0 Å². The standard InChI is InChI=1S/C23H16BrClFNO2/c1-28-22-12-16(10-17(13-27)19-4-2-3-5-21(19)26)11-20(24)23(22)29-14-15-6-8-18(25)9-7-15/h2-12H,14H2,1H3. The van der Waals surface area contributed by atoms with Gasteiger partial charge in [0.2, 0.25) is 0 Å². The smallest absolute Gasteiger partial charge is 0.175 e. The summed E-state index contributed by atoms with van der Waals surface area (Å²) in [6.07, 6.45) is 1.61. The molecule has 3 aromatic rings. The molecule has 0 aliphatic rings. The molecule has 0 fully saturated rings. The third kappa shape index (κ3) is 5.17. The molecule has 0 unspecified atom stereocenters. The Balaban J connectivity index is 1.90. The number of hydrogen-bond donors (Lipinski definition) is 0. The molecule has 0 saturated carbocycles. The number of benzene rings is 3. The van der Waals surface area contributed by atoms with Gasteiger partial charge in [-0.05, 0) is 63.5 Å². The SMILES string of the molecule is COc1cc(C=C(C#N)c2ccccc2F)cc(Br)c1OCc1ccc(Cl)cc1. The van der Waals surface area contributed by atoms with Crippen LogP contribution in [-0.4, -0.2) is 7.11 Å². The maximum absolute atomic E-state index is 14.1. The van der Waals surface area contributed by atoms with E-state index in [1.807, 2.05) is 12.1 Å². The molecule has 0 radical (unpaired) electrons. The second-order valence-electron chi connectivity index (χ2n) is 6.10. The average molecular weight is 473 g/mol. The van der Waals surface area contributed by atoms with Gasteiger partial charge in [-0.3, -0.25) is 0 Å². The van der Waals surface area contributed by atoms with E-state index in [1.165, 1.54) is 13.2 Å². The maximum Gasteiger partial charge on any atom is 0.175 e. The van der Waals surface area contributed by atoms with Crippen molar-refractivity contribution in [3.8, 4) is 17.6 Å². The van der Waals surface area contributed by atoms with Crippen molar-refractivity contribution < 1.29 is 13.9 Å². The Bertz CT molecular complexity index is 1090. The first-order valence-corrected chi connectivity index (χ1v) is 9.80. The quantitative estimate of drug-likeness (QED) is 0.290. The fourth-order valence-electron chi connectivity index (χ4n) is 2.72. The molecule has 146 valence electrons. The summed E-state index contributed by atoms with van der Waals surface area (Å²) in [6, 6.07) is 19.1. The van der Waals surface area contributed by atoms with Gasteiger partial charge in [-0.25, -0.2) is 4.39 Å². The highest BCUT2D eigenvalue weighted by Gasteiger charge is 2.13. The first kappa shape index (κ1) is 20.9.